The Kier molecular flexibility index (Phi) is 5.28. The molecule has 3 aromatic rings. The van der Waals surface area contributed by atoms with Crippen molar-refractivity contribution in [2.45, 2.75) is 58.4 Å². The summed E-state index contributed by atoms with van der Waals surface area (Å²) >= 11 is 0. The molecule has 7 heteroatoms. The lowest BCUT2D eigenvalue weighted by molar-refractivity contribution is 0.290. The maximum atomic E-state index is 13.7. The van der Waals surface area contributed by atoms with Gasteiger partial charge in [0.15, 0.2) is 0 Å². The maximum Gasteiger partial charge on any atom is 0.245 e. The van der Waals surface area contributed by atoms with Crippen LogP contribution in [0.15, 0.2) is 39.8 Å². The van der Waals surface area contributed by atoms with Crippen molar-refractivity contribution in [1.82, 2.24) is 14.4 Å². The van der Waals surface area contributed by atoms with Crippen molar-refractivity contribution in [2.24, 2.45) is 0 Å². The van der Waals surface area contributed by atoms with Crippen LogP contribution in [-0.2, 0) is 10.0 Å². The van der Waals surface area contributed by atoms with E-state index in [0.717, 1.165) is 39.8 Å². The lowest BCUT2D eigenvalue weighted by Crippen LogP contribution is -2.32. The number of aryl methyl sites for hydroxylation is 3. The summed E-state index contributed by atoms with van der Waals surface area (Å²) in [6.07, 6.45) is 1.42. The van der Waals surface area contributed by atoms with Gasteiger partial charge in [-0.15, -0.1) is 0 Å². The highest BCUT2D eigenvalue weighted by Gasteiger charge is 2.41. The minimum Gasteiger partial charge on any atom is -0.337 e. The van der Waals surface area contributed by atoms with Crippen LogP contribution in [0.3, 0.4) is 0 Å². The summed E-state index contributed by atoms with van der Waals surface area (Å²) < 4.78 is 34.5. The van der Waals surface area contributed by atoms with Crippen molar-refractivity contribution < 1.29 is 12.9 Å². The van der Waals surface area contributed by atoms with Crippen molar-refractivity contribution in [1.29, 1.82) is 0 Å². The summed E-state index contributed by atoms with van der Waals surface area (Å²) in [6.45, 7) is 10.1. The summed E-state index contributed by atoms with van der Waals surface area (Å²) in [7, 11) is -3.70. The zero-order chi connectivity index (χ0) is 21.6. The van der Waals surface area contributed by atoms with Gasteiger partial charge in [-0.1, -0.05) is 35.0 Å². The molecule has 0 bridgehead atoms. The van der Waals surface area contributed by atoms with Crippen molar-refractivity contribution in [3.05, 3.63) is 64.0 Å². The molecule has 0 N–H and O–H groups in total. The number of hydrogen-bond donors (Lipinski definition) is 0. The topological polar surface area (TPSA) is 76.3 Å². The van der Waals surface area contributed by atoms with E-state index in [4.69, 9.17) is 4.52 Å². The van der Waals surface area contributed by atoms with E-state index in [1.807, 2.05) is 65.0 Å². The van der Waals surface area contributed by atoms with E-state index in [1.54, 1.807) is 0 Å². The minimum absolute atomic E-state index is 0.354. The third-order valence-corrected chi connectivity index (χ3v) is 8.25. The fourth-order valence-electron chi connectivity index (χ4n) is 4.23. The van der Waals surface area contributed by atoms with Gasteiger partial charge >= 0.3 is 0 Å². The third-order valence-electron chi connectivity index (χ3n) is 6.07. The standard InChI is InChI=1S/C23H27N3O3S/c1-14-8-6-9-19(12-14)22-24-23(29-25-22)20-10-7-11-26(20)30(27,28)21-17(4)15(2)13-16(3)18(21)5/h6,8-9,12-13,20H,7,10-11H2,1-5H3. The van der Waals surface area contributed by atoms with Crippen LogP contribution in [0.25, 0.3) is 11.4 Å². The first kappa shape index (κ1) is 20.8. The average molecular weight is 426 g/mol. The Hall–Kier alpha value is -2.51. The van der Waals surface area contributed by atoms with Crippen molar-refractivity contribution in [2.75, 3.05) is 6.54 Å². The maximum absolute atomic E-state index is 13.7. The second kappa shape index (κ2) is 7.63. The van der Waals surface area contributed by atoms with Gasteiger partial charge in [0, 0.05) is 12.1 Å². The second-order valence-corrected chi connectivity index (χ2v) is 10.0. The highest BCUT2D eigenvalue weighted by Crippen LogP contribution is 2.39. The first-order chi connectivity index (χ1) is 14.2. The lowest BCUT2D eigenvalue weighted by atomic mass is 10.0. The molecule has 30 heavy (non-hydrogen) atoms. The van der Waals surface area contributed by atoms with Crippen molar-refractivity contribution >= 4 is 10.0 Å². The van der Waals surface area contributed by atoms with Crippen LogP contribution in [0.1, 0.15) is 52.6 Å². The molecule has 1 aliphatic rings. The number of nitrogens with zero attached hydrogens (tertiary/aromatic N) is 3. The molecule has 2 aromatic carbocycles. The molecule has 1 fully saturated rings. The Morgan fingerprint density at radius 3 is 2.40 bits per heavy atom. The molecular formula is C23H27N3O3S. The smallest absolute Gasteiger partial charge is 0.245 e. The monoisotopic (exact) mass is 425 g/mol. The number of aromatic nitrogens is 2. The molecule has 0 radical (unpaired) electrons. The molecule has 1 aromatic heterocycles. The van der Waals surface area contributed by atoms with E-state index >= 15 is 0 Å². The highest BCUT2D eigenvalue weighted by molar-refractivity contribution is 7.89. The molecule has 1 unspecified atom stereocenters. The van der Waals surface area contributed by atoms with Crippen molar-refractivity contribution in [3.63, 3.8) is 0 Å². The van der Waals surface area contributed by atoms with Crippen LogP contribution in [0.2, 0.25) is 0 Å². The zero-order valence-corrected chi connectivity index (χ0v) is 18.9. The van der Waals surface area contributed by atoms with Crippen molar-refractivity contribution in [3.8, 4) is 11.4 Å². The summed E-state index contributed by atoms with van der Waals surface area (Å²) in [6, 6.07) is 9.45. The molecule has 1 aliphatic heterocycles. The normalized spacial score (nSPS) is 17.6. The molecule has 6 nitrogen and oxygen atoms in total. The van der Waals surface area contributed by atoms with Crippen LogP contribution in [0.4, 0.5) is 0 Å². The summed E-state index contributed by atoms with van der Waals surface area (Å²) in [5, 5.41) is 4.12. The SMILES string of the molecule is Cc1cccc(-c2noc(C3CCCN3S(=O)(=O)c3c(C)c(C)cc(C)c3C)n2)c1. The number of rotatable bonds is 4. The van der Waals surface area contributed by atoms with E-state index in [1.165, 1.54) is 4.31 Å². The molecule has 0 amide bonds. The van der Waals surface area contributed by atoms with Crippen LogP contribution in [0.5, 0.6) is 0 Å². The Labute approximate surface area is 178 Å². The Morgan fingerprint density at radius 1 is 1.03 bits per heavy atom. The van der Waals surface area contributed by atoms with E-state index in [9.17, 15) is 8.42 Å². The number of hydrogen-bond acceptors (Lipinski definition) is 5. The molecule has 1 saturated heterocycles. The first-order valence-corrected chi connectivity index (χ1v) is 11.6. The summed E-state index contributed by atoms with van der Waals surface area (Å²) in [5.74, 6) is 0.837. The Balaban J connectivity index is 1.73. The Bertz CT molecular complexity index is 1190. The first-order valence-electron chi connectivity index (χ1n) is 10.2. The second-order valence-electron chi connectivity index (χ2n) is 8.19. The molecule has 0 aliphatic carbocycles. The molecule has 4 rings (SSSR count). The van der Waals surface area contributed by atoms with Gasteiger partial charge in [-0.25, -0.2) is 8.42 Å². The van der Waals surface area contributed by atoms with Crippen LogP contribution >= 0.6 is 0 Å². The summed E-state index contributed by atoms with van der Waals surface area (Å²) in [4.78, 5) is 4.96. The van der Waals surface area contributed by atoms with Gasteiger partial charge in [0.05, 0.1) is 4.90 Å². The van der Waals surface area contributed by atoms with E-state index < -0.39 is 16.1 Å². The minimum atomic E-state index is -3.70. The molecule has 2 heterocycles. The van der Waals surface area contributed by atoms with Crippen LogP contribution in [0, 0.1) is 34.6 Å². The van der Waals surface area contributed by atoms with Gasteiger partial charge in [-0.2, -0.15) is 9.29 Å². The van der Waals surface area contributed by atoms with Crippen LogP contribution in [-0.4, -0.2) is 29.4 Å². The van der Waals surface area contributed by atoms with Gasteiger partial charge in [0.1, 0.15) is 6.04 Å². The van der Waals surface area contributed by atoms with E-state index in [2.05, 4.69) is 10.1 Å². The van der Waals surface area contributed by atoms with Crippen LogP contribution < -0.4 is 0 Å². The van der Waals surface area contributed by atoms with E-state index in [-0.39, 0.29) is 0 Å². The molecule has 158 valence electrons. The van der Waals surface area contributed by atoms with Gasteiger partial charge in [0.2, 0.25) is 21.7 Å². The number of sulfonamides is 1. The fourth-order valence-corrected chi connectivity index (χ4v) is 6.46. The lowest BCUT2D eigenvalue weighted by Gasteiger charge is -2.25. The molecule has 0 saturated carbocycles. The third kappa shape index (κ3) is 3.46. The number of benzene rings is 2. The fraction of sp³-hybridized carbons (Fsp3) is 0.391. The largest absolute Gasteiger partial charge is 0.337 e. The average Bonchev–Trinajstić information content (AvgIpc) is 3.36. The molecule has 1 atom stereocenters. The highest BCUT2D eigenvalue weighted by atomic mass is 32.2. The quantitative estimate of drug-likeness (QED) is 0.600. The zero-order valence-electron chi connectivity index (χ0n) is 18.1. The molecule has 0 spiro atoms. The molecular weight excluding hydrogens is 398 g/mol. The van der Waals surface area contributed by atoms with E-state index in [0.29, 0.717) is 29.6 Å². The predicted molar refractivity (Wildman–Crippen MR) is 116 cm³/mol. The Morgan fingerprint density at radius 2 is 1.73 bits per heavy atom. The van der Waals surface area contributed by atoms with Gasteiger partial charge in [0.25, 0.3) is 0 Å². The summed E-state index contributed by atoms with van der Waals surface area (Å²) in [5.41, 5.74) is 5.52. The van der Waals surface area contributed by atoms with Gasteiger partial charge in [-0.3, -0.25) is 0 Å². The van der Waals surface area contributed by atoms with Gasteiger partial charge < -0.3 is 4.52 Å². The van der Waals surface area contributed by atoms with Gasteiger partial charge in [-0.05, 0) is 75.8 Å². The predicted octanol–water partition coefficient (Wildman–Crippen LogP) is 4.80.